The molecule has 3 rings (SSSR count). The first-order valence-corrected chi connectivity index (χ1v) is 7.77. The molecule has 6 nitrogen and oxygen atoms in total. The minimum atomic E-state index is -0.154. The summed E-state index contributed by atoms with van der Waals surface area (Å²) in [6.45, 7) is 4.91. The Kier molecular flexibility index (Phi) is 4.62. The number of amides is 1. The van der Waals surface area contributed by atoms with Crippen LogP contribution >= 0.6 is 0 Å². The van der Waals surface area contributed by atoms with Crippen molar-refractivity contribution >= 4 is 11.6 Å². The second-order valence-corrected chi connectivity index (χ2v) is 5.63. The third-order valence-electron chi connectivity index (χ3n) is 4.27. The van der Waals surface area contributed by atoms with Gasteiger partial charge < -0.3 is 19.1 Å². The van der Waals surface area contributed by atoms with Crippen LogP contribution in [0.5, 0.6) is 0 Å². The number of hydrogen-bond donors (Lipinski definition) is 0. The Morgan fingerprint density at radius 2 is 2.00 bits per heavy atom. The standard InChI is InChI=1S/C17H21N3O3/c1-13(15-7-10-23-18-15)19(2)17(21)14-5-3-4-6-16(14)20-8-11-22-12-9-20/h3-7,10,13H,8-9,11-12H2,1-2H3/t13-/m1/s1. The molecule has 2 aromatic rings. The van der Waals surface area contributed by atoms with Crippen LogP contribution in [0, 0.1) is 0 Å². The van der Waals surface area contributed by atoms with Crippen molar-refractivity contribution in [1.29, 1.82) is 0 Å². The summed E-state index contributed by atoms with van der Waals surface area (Å²) in [5.41, 5.74) is 2.40. The van der Waals surface area contributed by atoms with E-state index in [4.69, 9.17) is 9.26 Å². The number of anilines is 1. The van der Waals surface area contributed by atoms with Gasteiger partial charge >= 0.3 is 0 Å². The number of rotatable bonds is 4. The number of ether oxygens (including phenoxy) is 1. The van der Waals surface area contributed by atoms with Gasteiger partial charge in [-0.05, 0) is 19.1 Å². The first kappa shape index (κ1) is 15.6. The zero-order valence-corrected chi connectivity index (χ0v) is 13.4. The zero-order chi connectivity index (χ0) is 16.2. The van der Waals surface area contributed by atoms with Gasteiger partial charge in [0.1, 0.15) is 12.0 Å². The molecule has 0 radical (unpaired) electrons. The first-order chi connectivity index (χ1) is 11.2. The summed E-state index contributed by atoms with van der Waals surface area (Å²) in [6.07, 6.45) is 1.52. The summed E-state index contributed by atoms with van der Waals surface area (Å²) in [7, 11) is 1.79. The van der Waals surface area contributed by atoms with E-state index >= 15 is 0 Å². The van der Waals surface area contributed by atoms with E-state index in [1.807, 2.05) is 31.2 Å². The molecule has 0 spiro atoms. The molecule has 0 unspecified atom stereocenters. The molecule has 1 aliphatic heterocycles. The molecule has 1 aromatic carbocycles. The predicted molar refractivity (Wildman–Crippen MR) is 86.5 cm³/mol. The van der Waals surface area contributed by atoms with E-state index in [1.165, 1.54) is 6.26 Å². The van der Waals surface area contributed by atoms with Crippen LogP contribution in [0.15, 0.2) is 41.1 Å². The quantitative estimate of drug-likeness (QED) is 0.867. The SMILES string of the molecule is C[C@H](c1ccon1)N(C)C(=O)c1ccccc1N1CCOCC1. The molecular weight excluding hydrogens is 294 g/mol. The Morgan fingerprint density at radius 1 is 1.26 bits per heavy atom. The summed E-state index contributed by atoms with van der Waals surface area (Å²) >= 11 is 0. The Labute approximate surface area is 135 Å². The second kappa shape index (κ2) is 6.83. The molecule has 23 heavy (non-hydrogen) atoms. The number of morpholine rings is 1. The fourth-order valence-corrected chi connectivity index (χ4v) is 2.74. The van der Waals surface area contributed by atoms with Gasteiger partial charge in [-0.3, -0.25) is 4.79 Å². The lowest BCUT2D eigenvalue weighted by Crippen LogP contribution is -2.38. The molecule has 1 saturated heterocycles. The van der Waals surface area contributed by atoms with Gasteiger partial charge in [-0.25, -0.2) is 0 Å². The summed E-state index contributed by atoms with van der Waals surface area (Å²) in [5, 5.41) is 3.93. The average molecular weight is 315 g/mol. The van der Waals surface area contributed by atoms with Crippen molar-refractivity contribution in [3.63, 3.8) is 0 Å². The summed E-state index contributed by atoms with van der Waals surface area (Å²) in [6, 6.07) is 9.35. The van der Waals surface area contributed by atoms with E-state index in [-0.39, 0.29) is 11.9 Å². The molecule has 2 heterocycles. The van der Waals surface area contributed by atoms with Crippen LogP contribution in [0.3, 0.4) is 0 Å². The first-order valence-electron chi connectivity index (χ1n) is 7.77. The molecule has 122 valence electrons. The van der Waals surface area contributed by atoms with Gasteiger partial charge in [0, 0.05) is 31.9 Å². The van der Waals surface area contributed by atoms with Crippen LogP contribution in [-0.2, 0) is 4.74 Å². The van der Waals surface area contributed by atoms with E-state index in [2.05, 4.69) is 10.1 Å². The average Bonchev–Trinajstić information content (AvgIpc) is 3.15. The molecule has 1 atom stereocenters. The fourth-order valence-electron chi connectivity index (χ4n) is 2.74. The number of carbonyl (C=O) groups excluding carboxylic acids is 1. The number of benzene rings is 1. The largest absolute Gasteiger partial charge is 0.378 e. The minimum Gasteiger partial charge on any atom is -0.378 e. The summed E-state index contributed by atoms with van der Waals surface area (Å²) < 4.78 is 10.3. The van der Waals surface area contributed by atoms with Crippen LogP contribution in [-0.4, -0.2) is 49.3 Å². The highest BCUT2D eigenvalue weighted by molar-refractivity contribution is 5.99. The number of aromatic nitrogens is 1. The highest BCUT2D eigenvalue weighted by Gasteiger charge is 2.24. The van der Waals surface area contributed by atoms with Gasteiger partial charge in [0.05, 0.1) is 24.8 Å². The molecule has 0 N–H and O–H groups in total. The third kappa shape index (κ3) is 3.22. The highest BCUT2D eigenvalue weighted by Crippen LogP contribution is 2.26. The van der Waals surface area contributed by atoms with Crippen LogP contribution < -0.4 is 4.90 Å². The second-order valence-electron chi connectivity index (χ2n) is 5.63. The fraction of sp³-hybridized carbons (Fsp3) is 0.412. The van der Waals surface area contributed by atoms with Gasteiger partial charge in [-0.1, -0.05) is 17.3 Å². The maximum Gasteiger partial charge on any atom is 0.256 e. The third-order valence-corrected chi connectivity index (χ3v) is 4.27. The van der Waals surface area contributed by atoms with Crippen LogP contribution in [0.4, 0.5) is 5.69 Å². The van der Waals surface area contributed by atoms with E-state index in [9.17, 15) is 4.79 Å². The monoisotopic (exact) mass is 315 g/mol. The zero-order valence-electron chi connectivity index (χ0n) is 13.4. The van der Waals surface area contributed by atoms with Gasteiger partial charge in [0.25, 0.3) is 5.91 Å². The normalized spacial score (nSPS) is 16.2. The van der Waals surface area contributed by atoms with E-state index in [0.29, 0.717) is 18.8 Å². The minimum absolute atomic E-state index is 0.0254. The van der Waals surface area contributed by atoms with Crippen LogP contribution in [0.25, 0.3) is 0 Å². The lowest BCUT2D eigenvalue weighted by molar-refractivity contribution is 0.0737. The molecule has 1 aliphatic rings. The van der Waals surface area contributed by atoms with E-state index < -0.39 is 0 Å². The van der Waals surface area contributed by atoms with Crippen LogP contribution in [0.2, 0.25) is 0 Å². The molecule has 0 bridgehead atoms. The van der Waals surface area contributed by atoms with Crippen molar-refractivity contribution in [3.8, 4) is 0 Å². The van der Waals surface area contributed by atoms with Crippen molar-refractivity contribution in [3.05, 3.63) is 47.9 Å². The Balaban J connectivity index is 1.84. The van der Waals surface area contributed by atoms with E-state index in [1.54, 1.807) is 18.0 Å². The molecular formula is C17H21N3O3. The van der Waals surface area contributed by atoms with Gasteiger partial charge in [0.2, 0.25) is 0 Å². The van der Waals surface area contributed by atoms with Crippen LogP contribution in [0.1, 0.15) is 29.0 Å². The van der Waals surface area contributed by atoms with Crippen molar-refractivity contribution in [2.75, 3.05) is 38.3 Å². The number of para-hydroxylation sites is 1. The maximum absolute atomic E-state index is 13.0. The van der Waals surface area contributed by atoms with Gasteiger partial charge in [-0.2, -0.15) is 0 Å². The van der Waals surface area contributed by atoms with Gasteiger partial charge in [-0.15, -0.1) is 0 Å². The van der Waals surface area contributed by atoms with Crippen molar-refractivity contribution in [2.45, 2.75) is 13.0 Å². The number of carbonyl (C=O) groups is 1. The topological polar surface area (TPSA) is 58.8 Å². The Bertz CT molecular complexity index is 651. The summed E-state index contributed by atoms with van der Waals surface area (Å²) in [5.74, 6) is -0.0254. The predicted octanol–water partition coefficient (Wildman–Crippen LogP) is 2.34. The molecule has 1 fully saturated rings. The lowest BCUT2D eigenvalue weighted by atomic mass is 10.1. The number of hydrogen-bond acceptors (Lipinski definition) is 5. The number of nitrogens with zero attached hydrogens (tertiary/aromatic N) is 3. The molecule has 0 saturated carbocycles. The van der Waals surface area contributed by atoms with Gasteiger partial charge in [0.15, 0.2) is 0 Å². The highest BCUT2D eigenvalue weighted by atomic mass is 16.5. The summed E-state index contributed by atoms with van der Waals surface area (Å²) in [4.78, 5) is 16.8. The molecule has 1 amide bonds. The Hall–Kier alpha value is -2.34. The Morgan fingerprint density at radius 3 is 2.70 bits per heavy atom. The molecule has 6 heteroatoms. The van der Waals surface area contributed by atoms with Crippen molar-refractivity contribution in [2.24, 2.45) is 0 Å². The smallest absolute Gasteiger partial charge is 0.256 e. The van der Waals surface area contributed by atoms with E-state index in [0.717, 1.165) is 24.5 Å². The molecule has 0 aliphatic carbocycles. The lowest BCUT2D eigenvalue weighted by Gasteiger charge is -2.31. The van der Waals surface area contributed by atoms with Crippen molar-refractivity contribution < 1.29 is 14.1 Å². The molecule has 1 aromatic heterocycles. The van der Waals surface area contributed by atoms with Crippen molar-refractivity contribution in [1.82, 2.24) is 10.1 Å². The maximum atomic E-state index is 13.0.